The number of nitrogens with zero attached hydrogens (tertiary/aromatic N) is 1. The number of amides is 2. The molecule has 0 bridgehead atoms. The second kappa shape index (κ2) is 24.5. The number of aliphatic hydroxyl groups is 1. The van der Waals surface area contributed by atoms with Gasteiger partial charge in [0.2, 0.25) is 5.91 Å². The van der Waals surface area contributed by atoms with Gasteiger partial charge in [-0.05, 0) is 31.7 Å². The van der Waals surface area contributed by atoms with Gasteiger partial charge in [0.15, 0.2) is 5.78 Å². The molecule has 2 amide bonds. The summed E-state index contributed by atoms with van der Waals surface area (Å²) in [7, 11) is 0. The predicted molar refractivity (Wildman–Crippen MR) is 155 cm³/mol. The van der Waals surface area contributed by atoms with E-state index >= 15 is 0 Å². The number of likely N-dealkylation sites (tertiary alicyclic amines) is 1. The Morgan fingerprint density at radius 3 is 2.27 bits per heavy atom. The fraction of sp³-hybridized carbons (Fsp3) is 0.677. The molecule has 0 saturated carbocycles. The van der Waals surface area contributed by atoms with Gasteiger partial charge in [-0.3, -0.25) is 9.59 Å². The van der Waals surface area contributed by atoms with Gasteiger partial charge in [-0.15, -0.1) is 18.2 Å². The Balaban J connectivity index is 0.00000138. The van der Waals surface area contributed by atoms with Crippen molar-refractivity contribution in [2.45, 2.75) is 90.4 Å². The van der Waals surface area contributed by atoms with Gasteiger partial charge in [0, 0.05) is 37.6 Å². The van der Waals surface area contributed by atoms with Crippen molar-refractivity contribution in [2.75, 3.05) is 39.3 Å². The van der Waals surface area contributed by atoms with Crippen LogP contribution in [-0.2, 0) is 20.8 Å². The zero-order chi connectivity index (χ0) is 29.6. The van der Waals surface area contributed by atoms with Crippen LogP contribution in [0.25, 0.3) is 0 Å². The number of aromatic hydroxyl groups is 1. The van der Waals surface area contributed by atoms with Crippen molar-refractivity contribution in [3.05, 3.63) is 36.5 Å². The topological polar surface area (TPSA) is 119 Å². The molecule has 1 aliphatic rings. The average molecular weight is 571 g/mol. The molecule has 1 fully saturated rings. The Morgan fingerprint density at radius 1 is 1.05 bits per heavy atom. The van der Waals surface area contributed by atoms with E-state index in [-0.39, 0.29) is 37.1 Å². The number of halogens is 1. The number of aliphatic hydroxyl groups excluding tert-OH is 1. The molecule has 0 aromatic heterocycles. The van der Waals surface area contributed by atoms with Crippen LogP contribution in [-0.4, -0.2) is 72.0 Å². The summed E-state index contributed by atoms with van der Waals surface area (Å²) in [6, 6.07) is 5.23. The molecule has 1 atom stereocenters. The molecule has 1 heterocycles. The van der Waals surface area contributed by atoms with Crippen LogP contribution in [0.2, 0.25) is 0 Å². The van der Waals surface area contributed by atoms with Gasteiger partial charge < -0.3 is 37.5 Å². The molecule has 1 aromatic rings. The maximum atomic E-state index is 13.3. The third kappa shape index (κ3) is 21.3. The van der Waals surface area contributed by atoms with E-state index in [1.807, 2.05) is 0 Å². The fourth-order valence-corrected chi connectivity index (χ4v) is 4.72. The smallest absolute Gasteiger partial charge is 0.534 e. The van der Waals surface area contributed by atoms with Gasteiger partial charge in [0.05, 0.1) is 12.5 Å². The number of nitrogens with one attached hydrogen (secondary N) is 2. The van der Waals surface area contributed by atoms with E-state index in [9.17, 15) is 23.9 Å². The van der Waals surface area contributed by atoms with Crippen LogP contribution in [0.15, 0.2) is 12.1 Å². The number of phenolic OH excluding ortho intramolecular Hbond substituents is 1. The van der Waals surface area contributed by atoms with Crippen molar-refractivity contribution in [3.63, 3.8) is 0 Å². The van der Waals surface area contributed by atoms with Crippen molar-refractivity contribution in [2.24, 2.45) is 5.92 Å². The summed E-state index contributed by atoms with van der Waals surface area (Å²) in [5.41, 5.74) is 0.784. The summed E-state index contributed by atoms with van der Waals surface area (Å²) in [4.78, 5) is 34.8. The van der Waals surface area contributed by atoms with Crippen LogP contribution >= 0.6 is 0 Å². The second-order valence-corrected chi connectivity index (χ2v) is 10.6. The molecular weight excluding hydrogens is 520 g/mol. The number of unbranched alkanes of at least 4 members (excludes halogenated alkanes) is 9. The molecule has 0 unspecified atom stereocenters. The van der Waals surface area contributed by atoms with Gasteiger partial charge in [-0.1, -0.05) is 64.7 Å². The normalized spacial score (nSPS) is 14.5. The van der Waals surface area contributed by atoms with E-state index in [0.717, 1.165) is 44.6 Å². The Kier molecular flexibility index (Phi) is 23.3. The molecule has 1 saturated heterocycles. The molecule has 10 heteroatoms. The van der Waals surface area contributed by atoms with E-state index in [1.165, 1.54) is 63.9 Å². The maximum Gasteiger partial charge on any atom is 1.00 e. The van der Waals surface area contributed by atoms with E-state index < -0.39 is 24.1 Å². The minimum atomic E-state index is -0.541. The van der Waals surface area contributed by atoms with Crippen molar-refractivity contribution in [1.29, 1.82) is 0 Å². The number of carbonyl (C=O) groups is 3. The zero-order valence-corrected chi connectivity index (χ0v) is 25.3. The second-order valence-electron chi connectivity index (χ2n) is 10.6. The largest absolute Gasteiger partial charge is 1.00 e. The summed E-state index contributed by atoms with van der Waals surface area (Å²) in [6.45, 7) is 8.04. The van der Waals surface area contributed by atoms with Crippen LogP contribution in [0, 0.1) is 24.7 Å². The standard InChI is InChI=1S/C26H42FN2O2.C5H8NO3.Li/c1-2-3-4-5-6-7-8-9-10-11-14-28-26(31)19-23-13-16-29(21-23)15-12-22-17-24(27)20-25(30)18-22;1-4(8)6-2-5(9)3-7;/h17-18,23,30H,2-16,19,21H2,1H3,(H,28,31);7H,1-3H2,(H,6,8);/q2*-1;+1/t23-;;/m0../s1. The maximum absolute atomic E-state index is 13.3. The fourth-order valence-electron chi connectivity index (χ4n) is 4.72. The van der Waals surface area contributed by atoms with E-state index in [1.54, 1.807) is 6.07 Å². The Hall–Kier alpha value is -2.05. The van der Waals surface area contributed by atoms with Gasteiger partial charge in [-0.2, -0.15) is 5.56 Å². The van der Waals surface area contributed by atoms with Crippen molar-refractivity contribution >= 4 is 17.6 Å². The SMILES string of the molecule is CCCCCCCCCCCCNC(=O)C[C@@H]1CCN(CCc2cc(O)[c-]c(F)c2)C1.[CH2-]C(=O)NCC(=O)CO.[Li+]. The third-order valence-corrected chi connectivity index (χ3v) is 6.95. The molecule has 0 aliphatic carbocycles. The summed E-state index contributed by atoms with van der Waals surface area (Å²) in [5.74, 6) is -1.03. The van der Waals surface area contributed by atoms with Crippen LogP contribution < -0.4 is 29.5 Å². The zero-order valence-electron chi connectivity index (χ0n) is 25.3. The monoisotopic (exact) mass is 570 g/mol. The minimum Gasteiger partial charge on any atom is -0.534 e. The third-order valence-electron chi connectivity index (χ3n) is 6.95. The van der Waals surface area contributed by atoms with Gasteiger partial charge in [0.1, 0.15) is 6.61 Å². The first kappa shape index (κ1) is 38.9. The van der Waals surface area contributed by atoms with E-state index in [0.29, 0.717) is 18.8 Å². The van der Waals surface area contributed by atoms with Crippen LogP contribution in [0.1, 0.15) is 89.5 Å². The number of rotatable bonds is 19. The number of phenols is 1. The van der Waals surface area contributed by atoms with Crippen LogP contribution in [0.4, 0.5) is 4.39 Å². The molecule has 2 rings (SSSR count). The van der Waals surface area contributed by atoms with Crippen LogP contribution in [0.3, 0.4) is 0 Å². The Morgan fingerprint density at radius 2 is 1.68 bits per heavy atom. The van der Waals surface area contributed by atoms with Crippen molar-refractivity contribution < 1.29 is 47.8 Å². The minimum absolute atomic E-state index is 0. The Labute approximate surface area is 258 Å². The molecule has 1 aliphatic heterocycles. The van der Waals surface area contributed by atoms with Gasteiger partial charge in [0.25, 0.3) is 0 Å². The number of ketones is 1. The average Bonchev–Trinajstić information content (AvgIpc) is 3.36. The molecule has 0 spiro atoms. The van der Waals surface area contributed by atoms with Crippen molar-refractivity contribution in [1.82, 2.24) is 15.5 Å². The van der Waals surface area contributed by atoms with E-state index in [2.05, 4.69) is 35.4 Å². The molecular formula is C31H50FLiN3O5-. The number of Topliss-reactive ketones (excluding diaryl/α,β-unsaturated/α-hetero) is 1. The van der Waals surface area contributed by atoms with Gasteiger partial charge >= 0.3 is 18.9 Å². The number of carbonyl (C=O) groups excluding carboxylic acids is 3. The molecule has 4 N–H and O–H groups in total. The first-order valence-electron chi connectivity index (χ1n) is 14.9. The first-order valence-corrected chi connectivity index (χ1v) is 14.9. The molecule has 0 radical (unpaired) electrons. The predicted octanol–water partition coefficient (Wildman–Crippen LogP) is 1.13. The summed E-state index contributed by atoms with van der Waals surface area (Å²) in [5, 5.41) is 22.8. The van der Waals surface area contributed by atoms with Gasteiger partial charge in [-0.25, -0.2) is 4.39 Å². The molecule has 1 aromatic carbocycles. The summed E-state index contributed by atoms with van der Waals surface area (Å²) >= 11 is 0. The molecule has 41 heavy (non-hydrogen) atoms. The van der Waals surface area contributed by atoms with Crippen LogP contribution in [0.5, 0.6) is 5.75 Å². The molecule has 8 nitrogen and oxygen atoms in total. The summed E-state index contributed by atoms with van der Waals surface area (Å²) < 4.78 is 13.3. The molecule has 228 valence electrons. The number of hydrogen-bond donors (Lipinski definition) is 4. The van der Waals surface area contributed by atoms with Crippen molar-refractivity contribution in [3.8, 4) is 5.75 Å². The number of hydrogen-bond acceptors (Lipinski definition) is 6. The summed E-state index contributed by atoms with van der Waals surface area (Å²) in [6.07, 6.45) is 15.4. The Bertz CT molecular complexity index is 854. The quantitative estimate of drug-likeness (QED) is 0.113. The number of benzene rings is 1. The first-order chi connectivity index (χ1) is 19.2. The van der Waals surface area contributed by atoms with E-state index in [4.69, 9.17) is 5.11 Å².